The van der Waals surface area contributed by atoms with Crippen LogP contribution in [0, 0.1) is 0 Å². The van der Waals surface area contributed by atoms with Gasteiger partial charge in [-0.15, -0.1) is 0 Å². The lowest BCUT2D eigenvalue weighted by molar-refractivity contribution is -0.120. The van der Waals surface area contributed by atoms with Crippen molar-refractivity contribution in [2.24, 2.45) is 0 Å². The van der Waals surface area contributed by atoms with Gasteiger partial charge in [-0.2, -0.15) is 0 Å². The molecular weight excluding hydrogens is 258 g/mol. The predicted octanol–water partition coefficient (Wildman–Crippen LogP) is 0.315. The number of amides is 2. The van der Waals surface area contributed by atoms with Crippen molar-refractivity contribution >= 4 is 17.5 Å². The van der Waals surface area contributed by atoms with Crippen molar-refractivity contribution in [3.63, 3.8) is 0 Å². The van der Waals surface area contributed by atoms with E-state index in [1.165, 1.54) is 4.90 Å². The van der Waals surface area contributed by atoms with Crippen LogP contribution in [0.1, 0.15) is 10.4 Å². The monoisotopic (exact) mass is 277 g/mol. The molecule has 1 fully saturated rings. The molecule has 1 unspecified atom stereocenters. The zero-order valence-corrected chi connectivity index (χ0v) is 11.7. The van der Waals surface area contributed by atoms with Gasteiger partial charge in [0.25, 0.3) is 5.91 Å². The molecule has 1 aliphatic rings. The van der Waals surface area contributed by atoms with Crippen LogP contribution < -0.4 is 10.6 Å². The van der Waals surface area contributed by atoms with Gasteiger partial charge in [-0.25, -0.2) is 0 Å². The molecule has 1 aromatic rings. The summed E-state index contributed by atoms with van der Waals surface area (Å²) in [5.74, 6) is -0.251. The zero-order chi connectivity index (χ0) is 14.5. The summed E-state index contributed by atoms with van der Waals surface area (Å²) in [6.45, 7) is 1.65. The topological polar surface area (TPSA) is 70.7 Å². The number of ether oxygens (including phenoxy) is 1. The average Bonchev–Trinajstić information content (AvgIpc) is 2.47. The van der Waals surface area contributed by atoms with E-state index in [0.717, 1.165) is 0 Å². The Morgan fingerprint density at radius 2 is 2.20 bits per heavy atom. The number of carbonyl (C=O) groups excluding carboxylic acids is 2. The standard InChI is InChI=1S/C14H19N3O3/c1-17(2)14(19)10-4-3-5-11(8-10)16-13(18)12-9-20-7-6-15-12/h3-5,8,12,15H,6-7,9H2,1-2H3,(H,16,18). The molecule has 1 saturated heterocycles. The summed E-state index contributed by atoms with van der Waals surface area (Å²) in [6, 6.07) is 6.55. The Kier molecular flexibility index (Phi) is 4.70. The van der Waals surface area contributed by atoms with Crippen molar-refractivity contribution in [2.75, 3.05) is 39.2 Å². The number of hydrogen-bond donors (Lipinski definition) is 2. The van der Waals surface area contributed by atoms with Crippen LogP contribution in [0.2, 0.25) is 0 Å². The Morgan fingerprint density at radius 1 is 1.40 bits per heavy atom. The summed E-state index contributed by atoms with van der Waals surface area (Å²) in [5.41, 5.74) is 1.15. The Morgan fingerprint density at radius 3 is 2.85 bits per heavy atom. The van der Waals surface area contributed by atoms with Gasteiger partial charge in [0, 0.05) is 31.9 Å². The third-order valence-electron chi connectivity index (χ3n) is 3.02. The van der Waals surface area contributed by atoms with Gasteiger partial charge in [0.2, 0.25) is 5.91 Å². The molecule has 0 aromatic heterocycles. The summed E-state index contributed by atoms with van der Waals surface area (Å²) >= 11 is 0. The van der Waals surface area contributed by atoms with Crippen LogP contribution in [-0.2, 0) is 9.53 Å². The van der Waals surface area contributed by atoms with Crippen LogP contribution in [0.5, 0.6) is 0 Å². The summed E-state index contributed by atoms with van der Waals surface area (Å²) in [7, 11) is 3.38. The highest BCUT2D eigenvalue weighted by atomic mass is 16.5. The lowest BCUT2D eigenvalue weighted by Crippen LogP contribution is -2.48. The molecule has 6 nitrogen and oxygen atoms in total. The van der Waals surface area contributed by atoms with Gasteiger partial charge in [0.05, 0.1) is 13.2 Å². The SMILES string of the molecule is CN(C)C(=O)c1cccc(NC(=O)C2COCCN2)c1. The number of carbonyl (C=O) groups is 2. The van der Waals surface area contributed by atoms with Crippen LogP contribution in [-0.4, -0.2) is 56.6 Å². The van der Waals surface area contributed by atoms with Crippen molar-refractivity contribution < 1.29 is 14.3 Å². The second-order valence-corrected chi connectivity index (χ2v) is 4.85. The second kappa shape index (κ2) is 6.49. The molecule has 6 heteroatoms. The number of rotatable bonds is 3. The van der Waals surface area contributed by atoms with E-state index >= 15 is 0 Å². The largest absolute Gasteiger partial charge is 0.378 e. The number of morpholine rings is 1. The van der Waals surface area contributed by atoms with Gasteiger partial charge in [0.1, 0.15) is 6.04 Å². The molecule has 108 valence electrons. The first-order chi connectivity index (χ1) is 9.58. The van der Waals surface area contributed by atoms with Gasteiger partial charge in [-0.1, -0.05) is 6.07 Å². The number of anilines is 1. The van der Waals surface area contributed by atoms with E-state index in [-0.39, 0.29) is 17.9 Å². The predicted molar refractivity (Wildman–Crippen MR) is 75.7 cm³/mol. The second-order valence-electron chi connectivity index (χ2n) is 4.85. The molecule has 2 rings (SSSR count). The number of hydrogen-bond acceptors (Lipinski definition) is 4. The highest BCUT2D eigenvalue weighted by Gasteiger charge is 2.21. The molecule has 0 aliphatic carbocycles. The number of benzene rings is 1. The van der Waals surface area contributed by atoms with Gasteiger partial charge in [0.15, 0.2) is 0 Å². The van der Waals surface area contributed by atoms with Crippen molar-refractivity contribution in [2.45, 2.75) is 6.04 Å². The van der Waals surface area contributed by atoms with E-state index in [0.29, 0.717) is 31.0 Å². The first-order valence-corrected chi connectivity index (χ1v) is 6.51. The molecule has 0 radical (unpaired) electrons. The molecule has 20 heavy (non-hydrogen) atoms. The van der Waals surface area contributed by atoms with E-state index < -0.39 is 0 Å². The van der Waals surface area contributed by atoms with Crippen LogP contribution >= 0.6 is 0 Å². The van der Waals surface area contributed by atoms with Gasteiger partial charge in [-0.05, 0) is 18.2 Å². The third-order valence-corrected chi connectivity index (χ3v) is 3.02. The Bertz CT molecular complexity index is 496. The molecule has 1 aromatic carbocycles. The van der Waals surface area contributed by atoms with Gasteiger partial charge >= 0.3 is 0 Å². The molecule has 1 aliphatic heterocycles. The molecular formula is C14H19N3O3. The summed E-state index contributed by atoms with van der Waals surface area (Å²) in [4.78, 5) is 25.4. The Balaban J connectivity index is 2.04. The number of nitrogens with zero attached hydrogens (tertiary/aromatic N) is 1. The smallest absolute Gasteiger partial charge is 0.253 e. The van der Waals surface area contributed by atoms with E-state index in [9.17, 15) is 9.59 Å². The van der Waals surface area contributed by atoms with Crippen molar-refractivity contribution in [1.82, 2.24) is 10.2 Å². The van der Waals surface area contributed by atoms with Gasteiger partial charge < -0.3 is 20.3 Å². The quantitative estimate of drug-likeness (QED) is 0.834. The van der Waals surface area contributed by atoms with E-state index in [1.54, 1.807) is 38.4 Å². The van der Waals surface area contributed by atoms with Gasteiger partial charge in [-0.3, -0.25) is 9.59 Å². The lowest BCUT2D eigenvalue weighted by Gasteiger charge is -2.23. The molecule has 1 atom stereocenters. The third kappa shape index (κ3) is 3.55. The maximum absolute atomic E-state index is 12.0. The normalized spacial score (nSPS) is 18.4. The molecule has 2 amide bonds. The van der Waals surface area contributed by atoms with Crippen LogP contribution in [0.3, 0.4) is 0 Å². The first kappa shape index (κ1) is 14.5. The average molecular weight is 277 g/mol. The summed E-state index contributed by atoms with van der Waals surface area (Å²) in [5, 5.41) is 5.88. The fourth-order valence-corrected chi connectivity index (χ4v) is 1.95. The lowest BCUT2D eigenvalue weighted by atomic mass is 10.1. The minimum atomic E-state index is -0.350. The van der Waals surface area contributed by atoms with E-state index in [1.807, 2.05) is 0 Å². The molecule has 1 heterocycles. The molecule has 0 saturated carbocycles. The van der Waals surface area contributed by atoms with E-state index in [2.05, 4.69) is 10.6 Å². The fourth-order valence-electron chi connectivity index (χ4n) is 1.95. The van der Waals surface area contributed by atoms with Crippen LogP contribution in [0.25, 0.3) is 0 Å². The Hall–Kier alpha value is -1.92. The highest BCUT2D eigenvalue weighted by Crippen LogP contribution is 2.12. The fraction of sp³-hybridized carbons (Fsp3) is 0.429. The maximum atomic E-state index is 12.0. The van der Waals surface area contributed by atoms with Crippen molar-refractivity contribution in [3.05, 3.63) is 29.8 Å². The molecule has 0 bridgehead atoms. The van der Waals surface area contributed by atoms with Crippen molar-refractivity contribution in [1.29, 1.82) is 0 Å². The first-order valence-electron chi connectivity index (χ1n) is 6.51. The maximum Gasteiger partial charge on any atom is 0.253 e. The van der Waals surface area contributed by atoms with E-state index in [4.69, 9.17) is 4.74 Å². The number of nitrogens with one attached hydrogen (secondary N) is 2. The highest BCUT2D eigenvalue weighted by molar-refractivity contribution is 5.98. The zero-order valence-electron chi connectivity index (χ0n) is 11.7. The molecule has 0 spiro atoms. The van der Waals surface area contributed by atoms with Crippen molar-refractivity contribution in [3.8, 4) is 0 Å². The summed E-state index contributed by atoms with van der Waals surface area (Å²) < 4.78 is 5.25. The van der Waals surface area contributed by atoms with Crippen LogP contribution in [0.4, 0.5) is 5.69 Å². The Labute approximate surface area is 118 Å². The minimum absolute atomic E-state index is 0.0970. The van der Waals surface area contributed by atoms with Crippen LogP contribution in [0.15, 0.2) is 24.3 Å². The summed E-state index contributed by atoms with van der Waals surface area (Å²) in [6.07, 6.45) is 0. The minimum Gasteiger partial charge on any atom is -0.378 e. The molecule has 2 N–H and O–H groups in total.